The maximum absolute atomic E-state index is 13.1. The van der Waals surface area contributed by atoms with Gasteiger partial charge >= 0.3 is 5.97 Å². The first-order chi connectivity index (χ1) is 18.9. The number of benzene rings is 3. The van der Waals surface area contributed by atoms with E-state index in [0.717, 1.165) is 0 Å². The van der Waals surface area contributed by atoms with Gasteiger partial charge in [0.15, 0.2) is 18.2 Å². The number of rotatable bonds is 10. The van der Waals surface area contributed by atoms with Crippen LogP contribution in [-0.2, 0) is 29.3 Å². The molecule has 3 aromatic rings. The third-order valence-corrected chi connectivity index (χ3v) is 7.21. The molecule has 39 heavy (non-hydrogen) atoms. The first-order valence-corrected chi connectivity index (χ1v) is 12.7. The molecule has 0 radical (unpaired) electrons. The van der Waals surface area contributed by atoms with E-state index < -0.39 is 24.2 Å². The van der Waals surface area contributed by atoms with Gasteiger partial charge in [0.05, 0.1) is 15.6 Å². The molecule has 206 valence electrons. The van der Waals surface area contributed by atoms with Crippen molar-refractivity contribution in [2.45, 2.75) is 18.2 Å². The van der Waals surface area contributed by atoms with Gasteiger partial charge in [-0.25, -0.2) is 4.79 Å². The van der Waals surface area contributed by atoms with Crippen molar-refractivity contribution in [1.82, 2.24) is 0 Å². The molecule has 0 unspecified atom stereocenters. The van der Waals surface area contributed by atoms with Crippen molar-refractivity contribution in [2.75, 3.05) is 41.7 Å². The molecule has 0 atom stereocenters. The van der Waals surface area contributed by atoms with Crippen molar-refractivity contribution in [2.24, 2.45) is 0 Å². The third-order valence-electron chi connectivity index (χ3n) is 6.62. The molecule has 2 aliphatic rings. The number of hydrogen-bond acceptors (Lipinski definition) is 9. The standard InChI is InChI=1S/C28H26Cl2O9/c1-32-25(33-2)13-36-23-11-21-17(9-19(23)29)28(16-8-6-5-7-15(16)27(31)39-28)18-10-20(30)24(12-22(18)38-21)37-14-26(34-3)35-4/h5-12,25-26H,13-14H2,1-4H3. The van der Waals surface area contributed by atoms with Crippen molar-refractivity contribution >= 4 is 29.2 Å². The predicted molar refractivity (Wildman–Crippen MR) is 141 cm³/mol. The van der Waals surface area contributed by atoms with Crippen molar-refractivity contribution in [1.29, 1.82) is 0 Å². The summed E-state index contributed by atoms with van der Waals surface area (Å²) in [6.07, 6.45) is -1.20. The Morgan fingerprint density at radius 1 is 0.744 bits per heavy atom. The molecule has 11 heteroatoms. The summed E-state index contributed by atoms with van der Waals surface area (Å²) >= 11 is 13.3. The Hall–Kier alpha value is -3.05. The zero-order valence-corrected chi connectivity index (χ0v) is 23.1. The third kappa shape index (κ3) is 4.80. The van der Waals surface area contributed by atoms with Crippen molar-refractivity contribution in [3.8, 4) is 23.0 Å². The molecule has 0 aromatic heterocycles. The van der Waals surface area contributed by atoms with Crippen molar-refractivity contribution in [3.05, 3.63) is 80.8 Å². The van der Waals surface area contributed by atoms with E-state index in [1.165, 1.54) is 28.4 Å². The second-order valence-electron chi connectivity index (χ2n) is 8.70. The molecule has 0 amide bonds. The van der Waals surface area contributed by atoms with E-state index in [9.17, 15) is 4.79 Å². The SMILES string of the molecule is COC(COc1cc2c(cc1Cl)C1(OC(=O)c3ccccc31)c1cc(Cl)c(OCC(OC)OC)cc1O2)OC. The molecule has 0 saturated carbocycles. The van der Waals surface area contributed by atoms with Gasteiger partial charge in [0.1, 0.15) is 36.2 Å². The summed E-state index contributed by atoms with van der Waals surface area (Å²) in [4.78, 5) is 13.1. The smallest absolute Gasteiger partial charge is 0.340 e. The quantitative estimate of drug-likeness (QED) is 0.227. The van der Waals surface area contributed by atoms with Crippen LogP contribution < -0.4 is 14.2 Å². The Kier molecular flexibility index (Phi) is 7.91. The van der Waals surface area contributed by atoms with E-state index >= 15 is 0 Å². The summed E-state index contributed by atoms with van der Waals surface area (Å²) in [5.74, 6) is 0.928. The molecule has 2 aliphatic heterocycles. The van der Waals surface area contributed by atoms with Crippen LogP contribution in [0.3, 0.4) is 0 Å². The van der Waals surface area contributed by atoms with E-state index in [2.05, 4.69) is 0 Å². The van der Waals surface area contributed by atoms with Gasteiger partial charge < -0.3 is 37.9 Å². The average Bonchev–Trinajstić information content (AvgIpc) is 3.24. The monoisotopic (exact) mass is 576 g/mol. The highest BCUT2D eigenvalue weighted by atomic mass is 35.5. The fraction of sp³-hybridized carbons (Fsp3) is 0.321. The number of fused-ring (bicyclic) bond motifs is 6. The summed E-state index contributed by atoms with van der Waals surface area (Å²) in [7, 11) is 6.03. The second kappa shape index (κ2) is 11.2. The highest BCUT2D eigenvalue weighted by Crippen LogP contribution is 2.58. The second-order valence-corrected chi connectivity index (χ2v) is 9.51. The summed E-state index contributed by atoms with van der Waals surface area (Å²) in [6.45, 7) is 0.164. The number of ether oxygens (including phenoxy) is 8. The minimum Gasteiger partial charge on any atom is -0.487 e. The molecule has 0 fully saturated rings. The van der Waals surface area contributed by atoms with Gasteiger partial charge in [-0.3, -0.25) is 0 Å². The van der Waals surface area contributed by atoms with Crippen LogP contribution in [0, 0.1) is 0 Å². The number of esters is 1. The molecule has 0 aliphatic carbocycles. The average molecular weight is 577 g/mol. The minimum absolute atomic E-state index is 0.0822. The van der Waals surface area contributed by atoms with Crippen LogP contribution >= 0.6 is 23.2 Å². The highest BCUT2D eigenvalue weighted by molar-refractivity contribution is 6.32. The van der Waals surface area contributed by atoms with Crippen LogP contribution in [0.5, 0.6) is 23.0 Å². The predicted octanol–water partition coefficient (Wildman–Crippen LogP) is 5.56. The summed E-state index contributed by atoms with van der Waals surface area (Å²) in [5.41, 5.74) is 0.723. The summed E-state index contributed by atoms with van der Waals surface area (Å²) in [6, 6.07) is 13.8. The summed E-state index contributed by atoms with van der Waals surface area (Å²) < 4.78 is 45.1. The Labute approximate surface area is 235 Å². The van der Waals surface area contributed by atoms with Crippen LogP contribution in [0.15, 0.2) is 48.5 Å². The van der Waals surface area contributed by atoms with Gasteiger partial charge in [-0.15, -0.1) is 0 Å². The van der Waals surface area contributed by atoms with Gasteiger partial charge in [-0.2, -0.15) is 0 Å². The van der Waals surface area contributed by atoms with Gasteiger partial charge in [0.2, 0.25) is 0 Å². The molecular formula is C28H26Cl2O9. The van der Waals surface area contributed by atoms with Crippen LogP contribution in [0.1, 0.15) is 27.0 Å². The highest BCUT2D eigenvalue weighted by Gasteiger charge is 2.54. The number of carbonyl (C=O) groups is 1. The molecule has 3 aromatic carbocycles. The van der Waals surface area contributed by atoms with E-state index in [-0.39, 0.29) is 23.3 Å². The van der Waals surface area contributed by atoms with Gasteiger partial charge in [-0.1, -0.05) is 41.4 Å². The van der Waals surface area contributed by atoms with Crippen molar-refractivity contribution < 1.29 is 42.7 Å². The zero-order valence-electron chi connectivity index (χ0n) is 21.6. The van der Waals surface area contributed by atoms with E-state index in [0.29, 0.717) is 45.3 Å². The molecular weight excluding hydrogens is 551 g/mol. The first-order valence-electron chi connectivity index (χ1n) is 11.9. The molecule has 9 nitrogen and oxygen atoms in total. The van der Waals surface area contributed by atoms with Crippen LogP contribution in [-0.4, -0.2) is 60.2 Å². The molecule has 1 spiro atoms. The topological polar surface area (TPSA) is 90.9 Å². The van der Waals surface area contributed by atoms with Gasteiger partial charge in [-0.05, 0) is 18.2 Å². The first kappa shape index (κ1) is 27.5. The Morgan fingerprint density at radius 3 is 1.72 bits per heavy atom. The van der Waals surface area contributed by atoms with Crippen LogP contribution in [0.4, 0.5) is 0 Å². The lowest BCUT2D eigenvalue weighted by Crippen LogP contribution is -2.33. The lowest BCUT2D eigenvalue weighted by atomic mass is 9.77. The van der Waals surface area contributed by atoms with Crippen molar-refractivity contribution in [3.63, 3.8) is 0 Å². The fourth-order valence-corrected chi connectivity index (χ4v) is 5.11. The minimum atomic E-state index is -1.37. The Bertz CT molecular complexity index is 1310. The molecule has 2 heterocycles. The Balaban J connectivity index is 1.64. The molecule has 0 bridgehead atoms. The van der Waals surface area contributed by atoms with E-state index in [4.69, 9.17) is 61.1 Å². The molecule has 5 rings (SSSR count). The number of carbonyl (C=O) groups excluding carboxylic acids is 1. The normalized spacial score (nSPS) is 14.6. The number of methoxy groups -OCH3 is 4. The Morgan fingerprint density at radius 2 is 1.23 bits per heavy atom. The summed E-state index contributed by atoms with van der Waals surface area (Å²) in [5, 5.41) is 0.561. The maximum Gasteiger partial charge on any atom is 0.340 e. The largest absolute Gasteiger partial charge is 0.487 e. The zero-order chi connectivity index (χ0) is 27.7. The van der Waals surface area contributed by atoms with Crippen LogP contribution in [0.2, 0.25) is 10.0 Å². The fourth-order valence-electron chi connectivity index (χ4n) is 4.67. The van der Waals surface area contributed by atoms with Gasteiger partial charge in [0.25, 0.3) is 0 Å². The van der Waals surface area contributed by atoms with Gasteiger partial charge in [0, 0.05) is 57.3 Å². The van der Waals surface area contributed by atoms with E-state index in [1.807, 2.05) is 12.1 Å². The lowest BCUT2D eigenvalue weighted by Gasteiger charge is -2.37. The van der Waals surface area contributed by atoms with E-state index in [1.54, 1.807) is 36.4 Å². The molecule has 0 N–H and O–H groups in total. The lowest BCUT2D eigenvalue weighted by molar-refractivity contribution is -0.122. The number of halogens is 2. The van der Waals surface area contributed by atoms with Crippen LogP contribution in [0.25, 0.3) is 0 Å². The maximum atomic E-state index is 13.1. The molecule has 0 saturated heterocycles. The number of hydrogen-bond donors (Lipinski definition) is 0.